The normalized spacial score (nSPS) is 21.2. The van der Waals surface area contributed by atoms with Crippen molar-refractivity contribution in [2.45, 2.75) is 36.9 Å². The highest BCUT2D eigenvalue weighted by Crippen LogP contribution is 2.34. The van der Waals surface area contributed by atoms with Crippen LogP contribution in [0, 0.1) is 17.2 Å². The average Bonchev–Trinajstić information content (AvgIpc) is 2.53. The van der Waals surface area contributed by atoms with Gasteiger partial charge in [0.25, 0.3) is 0 Å². The molecule has 0 radical (unpaired) electrons. The monoisotopic (exact) mass is 361 g/mol. The number of rotatable bonds is 3. The number of alkyl halides is 3. The van der Waals surface area contributed by atoms with Gasteiger partial charge in [-0.25, -0.2) is 8.42 Å². The maximum Gasteiger partial charge on any atom is 0.417 e. The molecule has 1 aliphatic rings. The number of piperidine rings is 1. The predicted octanol–water partition coefficient (Wildman–Crippen LogP) is 2.32. The van der Waals surface area contributed by atoms with Gasteiger partial charge in [-0.3, -0.25) is 0 Å². The van der Waals surface area contributed by atoms with Crippen LogP contribution in [0.2, 0.25) is 0 Å². The lowest BCUT2D eigenvalue weighted by atomic mass is 9.93. The van der Waals surface area contributed by atoms with E-state index in [1.165, 1.54) is 10.4 Å². The van der Waals surface area contributed by atoms with E-state index < -0.39 is 32.2 Å². The summed E-state index contributed by atoms with van der Waals surface area (Å²) in [6.45, 7) is 2.21. The number of nitrogens with two attached hydrogens (primary N) is 1. The van der Waals surface area contributed by atoms with Gasteiger partial charge in [0.2, 0.25) is 10.0 Å². The highest BCUT2D eigenvalue weighted by atomic mass is 32.2. The van der Waals surface area contributed by atoms with E-state index in [9.17, 15) is 21.6 Å². The smallest absolute Gasteiger partial charge is 0.328 e. The van der Waals surface area contributed by atoms with Gasteiger partial charge in [-0.2, -0.15) is 22.7 Å². The molecule has 0 aliphatic carbocycles. The Balaban J connectivity index is 2.41. The number of benzene rings is 1. The molecule has 24 heavy (non-hydrogen) atoms. The number of sulfonamides is 1. The van der Waals surface area contributed by atoms with Gasteiger partial charge in [-0.15, -0.1) is 0 Å². The van der Waals surface area contributed by atoms with Crippen LogP contribution in [0.3, 0.4) is 0 Å². The predicted molar refractivity (Wildman–Crippen MR) is 81.3 cm³/mol. The number of nitrogens with zero attached hydrogens (tertiary/aromatic N) is 2. The van der Waals surface area contributed by atoms with Crippen molar-refractivity contribution in [3.05, 3.63) is 29.3 Å². The molecular weight excluding hydrogens is 343 g/mol. The lowest BCUT2D eigenvalue weighted by Crippen LogP contribution is -2.45. The molecule has 5 nitrogen and oxygen atoms in total. The molecule has 0 aromatic heterocycles. The molecule has 1 aromatic carbocycles. The molecule has 1 saturated heterocycles. The van der Waals surface area contributed by atoms with Gasteiger partial charge in [0.05, 0.1) is 22.1 Å². The first-order valence-electron chi connectivity index (χ1n) is 7.44. The van der Waals surface area contributed by atoms with Crippen molar-refractivity contribution in [1.29, 1.82) is 5.26 Å². The van der Waals surface area contributed by atoms with Crippen LogP contribution >= 0.6 is 0 Å². The third-order valence-corrected chi connectivity index (χ3v) is 6.08. The Morgan fingerprint density at radius 3 is 2.62 bits per heavy atom. The minimum absolute atomic E-state index is 0.0333. The molecule has 2 rings (SSSR count). The Bertz CT molecular complexity index is 754. The second-order valence-electron chi connectivity index (χ2n) is 5.94. The molecule has 2 N–H and O–H groups in total. The molecule has 0 amide bonds. The Hall–Kier alpha value is -1.63. The molecule has 0 saturated carbocycles. The highest BCUT2D eigenvalue weighted by molar-refractivity contribution is 7.89. The van der Waals surface area contributed by atoms with E-state index >= 15 is 0 Å². The van der Waals surface area contributed by atoms with Gasteiger partial charge >= 0.3 is 6.18 Å². The number of halogens is 3. The molecule has 1 heterocycles. The van der Waals surface area contributed by atoms with Gasteiger partial charge in [-0.1, -0.05) is 0 Å². The van der Waals surface area contributed by atoms with E-state index in [0.717, 1.165) is 18.6 Å². The first kappa shape index (κ1) is 18.7. The third kappa shape index (κ3) is 3.71. The molecule has 1 aliphatic heterocycles. The zero-order valence-electron chi connectivity index (χ0n) is 13.0. The summed E-state index contributed by atoms with van der Waals surface area (Å²) < 4.78 is 65.6. The van der Waals surface area contributed by atoms with Crippen LogP contribution in [-0.2, 0) is 16.2 Å². The number of hydrogen-bond acceptors (Lipinski definition) is 4. The maximum atomic E-state index is 13.0. The van der Waals surface area contributed by atoms with Crippen LogP contribution in [0.25, 0.3) is 0 Å². The molecule has 0 bridgehead atoms. The van der Waals surface area contributed by atoms with Crippen LogP contribution in [0.15, 0.2) is 23.1 Å². The van der Waals surface area contributed by atoms with Gasteiger partial charge in [0.15, 0.2) is 0 Å². The van der Waals surface area contributed by atoms with E-state index in [-0.39, 0.29) is 25.0 Å². The van der Waals surface area contributed by atoms with E-state index in [1.807, 2.05) is 0 Å². The second-order valence-corrected chi connectivity index (χ2v) is 7.88. The lowest BCUT2D eigenvalue weighted by molar-refractivity contribution is -0.137. The highest BCUT2D eigenvalue weighted by Gasteiger charge is 2.37. The summed E-state index contributed by atoms with van der Waals surface area (Å²) in [5, 5.41) is 8.80. The maximum absolute atomic E-state index is 13.0. The van der Waals surface area contributed by atoms with Crippen LogP contribution in [0.1, 0.15) is 30.9 Å². The van der Waals surface area contributed by atoms with E-state index in [1.54, 1.807) is 6.92 Å². The summed E-state index contributed by atoms with van der Waals surface area (Å²) in [7, 11) is -4.07. The van der Waals surface area contributed by atoms with E-state index in [0.29, 0.717) is 12.5 Å². The first-order valence-corrected chi connectivity index (χ1v) is 8.88. The SMILES string of the molecule is C[C@H](N)[C@H]1CCCN(S(=O)(=O)c2ccc(C#N)c(C(F)(F)F)c2)C1. The third-order valence-electron chi connectivity index (χ3n) is 4.22. The molecule has 2 atom stereocenters. The zero-order valence-corrected chi connectivity index (χ0v) is 13.9. The first-order chi connectivity index (χ1) is 11.1. The molecule has 0 unspecified atom stereocenters. The summed E-state index contributed by atoms with van der Waals surface area (Å²) in [4.78, 5) is -0.459. The van der Waals surface area contributed by atoms with Crippen molar-refractivity contribution in [3.63, 3.8) is 0 Å². The van der Waals surface area contributed by atoms with Crippen molar-refractivity contribution in [3.8, 4) is 6.07 Å². The van der Waals surface area contributed by atoms with Crippen molar-refractivity contribution < 1.29 is 21.6 Å². The fourth-order valence-corrected chi connectivity index (χ4v) is 4.35. The molecule has 0 spiro atoms. The van der Waals surface area contributed by atoms with Crippen molar-refractivity contribution in [2.24, 2.45) is 11.7 Å². The van der Waals surface area contributed by atoms with Gasteiger partial charge in [0.1, 0.15) is 0 Å². The van der Waals surface area contributed by atoms with E-state index in [4.69, 9.17) is 11.0 Å². The molecule has 1 fully saturated rings. The number of nitriles is 1. The standard InChI is InChI=1S/C15H18F3N3O2S/c1-10(20)12-3-2-6-21(9-12)24(22,23)13-5-4-11(8-19)14(7-13)15(16,17)18/h4-5,7,10,12H,2-3,6,9,20H2,1H3/t10-,12-/m0/s1. The fraction of sp³-hybridized carbons (Fsp3) is 0.533. The Morgan fingerprint density at radius 2 is 2.08 bits per heavy atom. The summed E-state index contributed by atoms with van der Waals surface area (Å²) in [5.41, 5.74) is 3.98. The Morgan fingerprint density at radius 1 is 1.42 bits per heavy atom. The summed E-state index contributed by atoms with van der Waals surface area (Å²) >= 11 is 0. The number of hydrogen-bond donors (Lipinski definition) is 1. The van der Waals surface area contributed by atoms with Gasteiger partial charge in [-0.05, 0) is 43.9 Å². The molecular formula is C15H18F3N3O2S. The summed E-state index contributed by atoms with van der Waals surface area (Å²) in [6.07, 6.45) is -3.41. The summed E-state index contributed by atoms with van der Waals surface area (Å²) in [5.74, 6) is -0.0333. The van der Waals surface area contributed by atoms with Gasteiger partial charge in [0, 0.05) is 19.1 Å². The lowest BCUT2D eigenvalue weighted by Gasteiger charge is -2.33. The minimum Gasteiger partial charge on any atom is -0.328 e. The van der Waals surface area contributed by atoms with Crippen molar-refractivity contribution in [2.75, 3.05) is 13.1 Å². The fourth-order valence-electron chi connectivity index (χ4n) is 2.79. The Labute approximate surface area is 138 Å². The Kier molecular flexibility index (Phi) is 5.22. The van der Waals surface area contributed by atoms with Crippen LogP contribution in [0.4, 0.5) is 13.2 Å². The van der Waals surface area contributed by atoms with E-state index in [2.05, 4.69) is 0 Å². The van der Waals surface area contributed by atoms with Crippen molar-refractivity contribution >= 4 is 10.0 Å². The largest absolute Gasteiger partial charge is 0.417 e. The quantitative estimate of drug-likeness (QED) is 0.895. The molecule has 9 heteroatoms. The second kappa shape index (κ2) is 6.70. The topological polar surface area (TPSA) is 87.2 Å². The van der Waals surface area contributed by atoms with Crippen molar-refractivity contribution in [1.82, 2.24) is 4.31 Å². The van der Waals surface area contributed by atoms with Crippen LogP contribution in [0.5, 0.6) is 0 Å². The zero-order chi connectivity index (χ0) is 18.1. The molecule has 132 valence electrons. The van der Waals surface area contributed by atoms with Crippen LogP contribution < -0.4 is 5.73 Å². The average molecular weight is 361 g/mol. The van der Waals surface area contributed by atoms with Gasteiger partial charge < -0.3 is 5.73 Å². The molecule has 1 aromatic rings. The van der Waals surface area contributed by atoms with Crippen LogP contribution in [-0.4, -0.2) is 31.9 Å². The summed E-state index contributed by atoms with van der Waals surface area (Å²) in [6, 6.07) is 3.70. The minimum atomic E-state index is -4.80.